The van der Waals surface area contributed by atoms with E-state index >= 15 is 0 Å². The molecule has 0 radical (unpaired) electrons. The fourth-order valence-electron chi connectivity index (χ4n) is 4.48. The van der Waals surface area contributed by atoms with E-state index in [1.165, 1.54) is 96.3 Å². The number of phosphoric ester groups is 1. The maximum atomic E-state index is 11.9. The number of ether oxygens (including phenoxy) is 1. The molecule has 0 fully saturated rings. The number of esters is 1. The molecular weight excluding hydrogens is 545 g/mol. The van der Waals surface area contributed by atoms with E-state index in [0.717, 1.165) is 32.1 Å². The monoisotopic (exact) mass is 607 g/mol. The lowest BCUT2D eigenvalue weighted by molar-refractivity contribution is -0.147. The number of hydrogen-bond acceptors (Lipinski definition) is 7. The van der Waals surface area contributed by atoms with E-state index in [9.17, 15) is 24.2 Å². The van der Waals surface area contributed by atoms with Crippen LogP contribution in [0.4, 0.5) is 0 Å². The molecule has 0 spiro atoms. The number of phosphoric acid groups is 1. The van der Waals surface area contributed by atoms with Crippen molar-refractivity contribution in [1.82, 2.24) is 5.32 Å². The highest BCUT2D eigenvalue weighted by atomic mass is 31.2. The number of carbonyl (C=O) groups excluding carboxylic acids is 2. The van der Waals surface area contributed by atoms with Crippen molar-refractivity contribution in [2.24, 2.45) is 0 Å². The molecule has 0 aliphatic carbocycles. The van der Waals surface area contributed by atoms with E-state index in [-0.39, 0.29) is 32.1 Å². The van der Waals surface area contributed by atoms with Gasteiger partial charge in [0.2, 0.25) is 5.91 Å². The molecule has 0 aliphatic heterocycles. The van der Waals surface area contributed by atoms with Gasteiger partial charge in [-0.05, 0) is 12.8 Å². The van der Waals surface area contributed by atoms with Crippen molar-refractivity contribution >= 4 is 19.7 Å². The number of aliphatic hydroxyl groups excluding tert-OH is 1. The van der Waals surface area contributed by atoms with Crippen molar-refractivity contribution in [3.05, 3.63) is 0 Å². The average Bonchev–Trinajstić information content (AvgIpc) is 2.95. The second-order valence-electron chi connectivity index (χ2n) is 11.1. The topological polar surface area (TPSA) is 131 Å². The van der Waals surface area contributed by atoms with Crippen LogP contribution in [0.3, 0.4) is 0 Å². The van der Waals surface area contributed by atoms with Crippen molar-refractivity contribution in [3.8, 4) is 0 Å². The Morgan fingerprint density at radius 2 is 1.12 bits per heavy atom. The average molecular weight is 608 g/mol. The van der Waals surface area contributed by atoms with E-state index in [2.05, 4.69) is 12.2 Å². The molecule has 0 aromatic heterocycles. The molecule has 2 unspecified atom stereocenters. The van der Waals surface area contributed by atoms with Crippen LogP contribution in [-0.2, 0) is 27.9 Å². The Balaban J connectivity index is 3.51. The molecule has 0 rings (SSSR count). The SMILES string of the molecule is CCCCCCCCCCCCCCCCCCCCC(=O)OCC(O)COP(=O)(O)OCCNC(=O)CCCC. The highest BCUT2D eigenvalue weighted by Gasteiger charge is 2.23. The highest BCUT2D eigenvalue weighted by molar-refractivity contribution is 7.47. The zero-order valence-corrected chi connectivity index (χ0v) is 27.1. The van der Waals surface area contributed by atoms with Gasteiger partial charge in [0.05, 0.1) is 13.2 Å². The van der Waals surface area contributed by atoms with E-state index in [1.54, 1.807) is 0 Å². The van der Waals surface area contributed by atoms with Crippen LogP contribution in [0.2, 0.25) is 0 Å². The third kappa shape index (κ3) is 30.3. The lowest BCUT2D eigenvalue weighted by Gasteiger charge is -2.15. The first kappa shape index (κ1) is 40.0. The molecule has 9 nitrogen and oxygen atoms in total. The molecule has 0 aliphatic rings. The summed E-state index contributed by atoms with van der Waals surface area (Å²) in [6.45, 7) is 3.30. The summed E-state index contributed by atoms with van der Waals surface area (Å²) in [6.07, 6.45) is 24.3. The molecule has 0 saturated carbocycles. The van der Waals surface area contributed by atoms with Crippen LogP contribution in [0, 0.1) is 0 Å². The minimum absolute atomic E-state index is 0.0794. The Labute approximate surface area is 250 Å². The quantitative estimate of drug-likeness (QED) is 0.0414. The normalized spacial score (nSPS) is 13.6. The first-order valence-corrected chi connectivity index (χ1v) is 18.0. The molecule has 0 bridgehead atoms. The van der Waals surface area contributed by atoms with Gasteiger partial charge in [-0.25, -0.2) is 4.57 Å². The minimum atomic E-state index is -4.38. The molecule has 0 aromatic carbocycles. The van der Waals surface area contributed by atoms with Gasteiger partial charge < -0.3 is 20.1 Å². The first-order valence-electron chi connectivity index (χ1n) is 16.5. The van der Waals surface area contributed by atoms with Crippen LogP contribution in [0.25, 0.3) is 0 Å². The second kappa shape index (κ2) is 29.1. The molecule has 0 saturated heterocycles. The van der Waals surface area contributed by atoms with E-state index in [0.29, 0.717) is 6.42 Å². The van der Waals surface area contributed by atoms with Gasteiger partial charge in [-0.2, -0.15) is 0 Å². The third-order valence-electron chi connectivity index (χ3n) is 7.04. The number of aliphatic hydroxyl groups is 1. The van der Waals surface area contributed by atoms with Crippen LogP contribution in [0.1, 0.15) is 155 Å². The Bertz CT molecular complexity index is 664. The Hall–Kier alpha value is -0.990. The Kier molecular flexibility index (Phi) is 28.4. The van der Waals surface area contributed by atoms with Crippen LogP contribution in [0.15, 0.2) is 0 Å². The number of carbonyl (C=O) groups is 2. The van der Waals surface area contributed by atoms with Crippen molar-refractivity contribution in [2.75, 3.05) is 26.4 Å². The van der Waals surface area contributed by atoms with Gasteiger partial charge in [-0.15, -0.1) is 0 Å². The van der Waals surface area contributed by atoms with Gasteiger partial charge in [0.15, 0.2) is 0 Å². The van der Waals surface area contributed by atoms with Gasteiger partial charge in [0.25, 0.3) is 0 Å². The van der Waals surface area contributed by atoms with Crippen molar-refractivity contribution in [1.29, 1.82) is 0 Å². The number of rotatable bonds is 31. The van der Waals surface area contributed by atoms with Crippen LogP contribution < -0.4 is 5.32 Å². The summed E-state index contributed by atoms with van der Waals surface area (Å²) in [7, 11) is -4.38. The molecule has 41 heavy (non-hydrogen) atoms. The largest absolute Gasteiger partial charge is 0.472 e. The van der Waals surface area contributed by atoms with Crippen molar-refractivity contribution < 1.29 is 37.9 Å². The van der Waals surface area contributed by atoms with Crippen LogP contribution in [0.5, 0.6) is 0 Å². The van der Waals surface area contributed by atoms with Gasteiger partial charge in [-0.3, -0.25) is 18.6 Å². The predicted molar refractivity (Wildman–Crippen MR) is 165 cm³/mol. The van der Waals surface area contributed by atoms with Gasteiger partial charge in [0.1, 0.15) is 12.7 Å². The molecule has 10 heteroatoms. The first-order chi connectivity index (χ1) is 19.8. The van der Waals surface area contributed by atoms with Crippen molar-refractivity contribution in [2.45, 2.75) is 161 Å². The Morgan fingerprint density at radius 1 is 0.659 bits per heavy atom. The lowest BCUT2D eigenvalue weighted by atomic mass is 10.0. The second-order valence-corrected chi connectivity index (χ2v) is 12.6. The lowest BCUT2D eigenvalue weighted by Crippen LogP contribution is -2.27. The van der Waals surface area contributed by atoms with E-state index in [1.807, 2.05) is 6.92 Å². The summed E-state index contributed by atoms with van der Waals surface area (Å²) in [4.78, 5) is 33.0. The standard InChI is InChI=1S/C31H62NO8P/c1-3-5-7-8-9-10-11-12-13-14-15-16-17-18-19-20-21-22-24-31(35)38-27-29(33)28-40-41(36,37)39-26-25-32-30(34)23-6-4-2/h29,33H,3-28H2,1-2H3,(H,32,34)(H,36,37). The maximum absolute atomic E-state index is 11.9. The molecule has 244 valence electrons. The Morgan fingerprint density at radius 3 is 1.61 bits per heavy atom. The molecule has 0 heterocycles. The molecule has 1 amide bonds. The summed E-state index contributed by atoms with van der Waals surface area (Å²) in [5, 5.41) is 12.4. The van der Waals surface area contributed by atoms with Crippen molar-refractivity contribution in [3.63, 3.8) is 0 Å². The smallest absolute Gasteiger partial charge is 0.463 e. The summed E-state index contributed by atoms with van der Waals surface area (Å²) in [6, 6.07) is 0. The maximum Gasteiger partial charge on any atom is 0.472 e. The van der Waals surface area contributed by atoms with Crippen LogP contribution in [-0.4, -0.2) is 54.3 Å². The minimum Gasteiger partial charge on any atom is -0.463 e. The molecule has 2 atom stereocenters. The fraction of sp³-hybridized carbons (Fsp3) is 0.935. The fourth-order valence-corrected chi connectivity index (χ4v) is 5.23. The van der Waals surface area contributed by atoms with E-state index in [4.69, 9.17) is 13.8 Å². The van der Waals surface area contributed by atoms with Gasteiger partial charge >= 0.3 is 13.8 Å². The summed E-state index contributed by atoms with van der Waals surface area (Å²) >= 11 is 0. The number of amides is 1. The highest BCUT2D eigenvalue weighted by Crippen LogP contribution is 2.42. The predicted octanol–water partition coefficient (Wildman–Crippen LogP) is 7.76. The summed E-state index contributed by atoms with van der Waals surface area (Å²) in [5.74, 6) is -0.547. The van der Waals surface area contributed by atoms with Gasteiger partial charge in [0, 0.05) is 19.4 Å². The zero-order valence-electron chi connectivity index (χ0n) is 26.3. The number of unbranched alkanes of at least 4 members (excludes halogenated alkanes) is 18. The zero-order chi connectivity index (χ0) is 30.4. The number of nitrogens with one attached hydrogen (secondary N) is 1. The molecular formula is C31H62NO8P. The number of hydrogen-bond donors (Lipinski definition) is 3. The van der Waals surface area contributed by atoms with Crippen LogP contribution >= 0.6 is 7.82 Å². The summed E-state index contributed by atoms with van der Waals surface area (Å²) in [5.41, 5.74) is 0. The van der Waals surface area contributed by atoms with Gasteiger partial charge in [-0.1, -0.05) is 129 Å². The summed E-state index contributed by atoms with van der Waals surface area (Å²) < 4.78 is 26.4. The van der Waals surface area contributed by atoms with E-state index < -0.39 is 26.5 Å². The third-order valence-corrected chi connectivity index (χ3v) is 8.02. The molecule has 0 aromatic rings. The molecule has 3 N–H and O–H groups in total.